The molecular formula is C36H36N8O4. The highest BCUT2D eigenvalue weighted by Crippen LogP contribution is 2.40. The molecule has 1 aromatic heterocycles. The predicted molar refractivity (Wildman–Crippen MR) is 180 cm³/mol. The SMILES string of the molecule is COC[C@@]1(C(=O)Nc2ccc3c(c2)C(=C2C=CN(O)C=C2)N=N3)CCN(CC(=O)N2CC=C(c3ccc(-c4ncccn4)cc3)CC2)C1. The second-order valence-electron chi connectivity index (χ2n) is 12.3. The van der Waals surface area contributed by atoms with Crippen molar-refractivity contribution in [2.24, 2.45) is 15.6 Å². The van der Waals surface area contributed by atoms with E-state index >= 15 is 0 Å². The Balaban J connectivity index is 0.966. The van der Waals surface area contributed by atoms with Crippen molar-refractivity contribution in [2.45, 2.75) is 12.8 Å². The molecule has 0 unspecified atom stereocenters. The number of nitrogens with zero attached hydrogens (tertiary/aromatic N) is 7. The number of hydrogen-bond donors (Lipinski definition) is 2. The average Bonchev–Trinajstić information content (AvgIpc) is 3.74. The summed E-state index contributed by atoms with van der Waals surface area (Å²) >= 11 is 0. The van der Waals surface area contributed by atoms with Gasteiger partial charge in [-0.05, 0) is 66.9 Å². The highest BCUT2D eigenvalue weighted by Gasteiger charge is 2.45. The van der Waals surface area contributed by atoms with Crippen molar-refractivity contribution in [2.75, 3.05) is 51.8 Å². The van der Waals surface area contributed by atoms with E-state index in [9.17, 15) is 14.8 Å². The number of hydroxylamine groups is 2. The van der Waals surface area contributed by atoms with Gasteiger partial charge in [0, 0.05) is 73.9 Å². The Kier molecular flexibility index (Phi) is 8.76. The van der Waals surface area contributed by atoms with E-state index in [-0.39, 0.29) is 25.0 Å². The summed E-state index contributed by atoms with van der Waals surface area (Å²) in [6.07, 6.45) is 13.5. The summed E-state index contributed by atoms with van der Waals surface area (Å²) in [6, 6.07) is 15.5. The van der Waals surface area contributed by atoms with Crippen molar-refractivity contribution in [3.8, 4) is 11.4 Å². The number of hydrogen-bond acceptors (Lipinski definition) is 10. The minimum Gasteiger partial charge on any atom is -0.384 e. The minimum atomic E-state index is -0.796. The maximum absolute atomic E-state index is 13.8. The zero-order chi connectivity index (χ0) is 33.1. The van der Waals surface area contributed by atoms with E-state index in [1.807, 2.05) is 35.2 Å². The molecular weight excluding hydrogens is 608 g/mol. The minimum absolute atomic E-state index is 0.0531. The van der Waals surface area contributed by atoms with Gasteiger partial charge in [-0.15, -0.1) is 10.2 Å². The smallest absolute Gasteiger partial charge is 0.237 e. The van der Waals surface area contributed by atoms with Gasteiger partial charge in [0.2, 0.25) is 11.8 Å². The lowest BCUT2D eigenvalue weighted by Crippen LogP contribution is -2.45. The Morgan fingerprint density at radius 3 is 2.50 bits per heavy atom. The van der Waals surface area contributed by atoms with E-state index in [0.717, 1.165) is 33.7 Å². The Morgan fingerprint density at radius 2 is 1.77 bits per heavy atom. The number of ether oxygens (including phenoxy) is 1. The molecule has 244 valence electrons. The number of anilines is 1. The first-order valence-corrected chi connectivity index (χ1v) is 15.9. The molecule has 0 bridgehead atoms. The van der Waals surface area contributed by atoms with Gasteiger partial charge in [0.1, 0.15) is 5.70 Å². The molecule has 12 heteroatoms. The van der Waals surface area contributed by atoms with Crippen LogP contribution in [-0.4, -0.2) is 88.3 Å². The summed E-state index contributed by atoms with van der Waals surface area (Å²) in [5, 5.41) is 22.2. The van der Waals surface area contributed by atoms with Crippen LogP contribution in [0.2, 0.25) is 0 Å². The van der Waals surface area contributed by atoms with Crippen LogP contribution in [0.3, 0.4) is 0 Å². The second kappa shape index (κ2) is 13.4. The van der Waals surface area contributed by atoms with Gasteiger partial charge in [-0.1, -0.05) is 30.3 Å². The first-order valence-electron chi connectivity index (χ1n) is 15.9. The summed E-state index contributed by atoms with van der Waals surface area (Å²) in [5.74, 6) is 0.600. The summed E-state index contributed by atoms with van der Waals surface area (Å²) < 4.78 is 5.55. The van der Waals surface area contributed by atoms with Crippen molar-refractivity contribution in [1.82, 2.24) is 24.8 Å². The number of azo groups is 1. The quantitative estimate of drug-likeness (QED) is 0.338. The molecule has 2 aromatic carbocycles. The molecule has 3 aromatic rings. The lowest BCUT2D eigenvalue weighted by atomic mass is 9.86. The van der Waals surface area contributed by atoms with Crippen molar-refractivity contribution in [3.63, 3.8) is 0 Å². The maximum Gasteiger partial charge on any atom is 0.237 e. The zero-order valence-corrected chi connectivity index (χ0v) is 26.6. The van der Waals surface area contributed by atoms with Crippen molar-refractivity contribution in [3.05, 3.63) is 108 Å². The number of carbonyl (C=O) groups excluding carboxylic acids is 2. The molecule has 2 amide bonds. The van der Waals surface area contributed by atoms with Gasteiger partial charge < -0.3 is 15.0 Å². The van der Waals surface area contributed by atoms with Crippen molar-refractivity contribution < 1.29 is 19.5 Å². The number of amides is 2. The van der Waals surface area contributed by atoms with E-state index in [4.69, 9.17) is 4.74 Å². The molecule has 7 rings (SSSR count). The number of rotatable bonds is 8. The monoisotopic (exact) mass is 644 g/mol. The zero-order valence-electron chi connectivity index (χ0n) is 26.6. The van der Waals surface area contributed by atoms with Gasteiger partial charge >= 0.3 is 0 Å². The van der Waals surface area contributed by atoms with E-state index in [1.165, 1.54) is 18.0 Å². The second-order valence-corrected chi connectivity index (χ2v) is 12.3. The third kappa shape index (κ3) is 6.45. The highest BCUT2D eigenvalue weighted by molar-refractivity contribution is 5.97. The topological polar surface area (TPSA) is 136 Å². The van der Waals surface area contributed by atoms with Gasteiger partial charge in [0.15, 0.2) is 5.82 Å². The first kappa shape index (κ1) is 31.3. The molecule has 4 aliphatic heterocycles. The Hall–Kier alpha value is -5.30. The molecule has 2 N–H and O–H groups in total. The first-order chi connectivity index (χ1) is 23.4. The Labute approximate surface area is 278 Å². The fourth-order valence-corrected chi connectivity index (χ4v) is 6.57. The number of methoxy groups -OCH3 is 1. The molecule has 5 heterocycles. The predicted octanol–water partition coefficient (Wildman–Crippen LogP) is 5.28. The van der Waals surface area contributed by atoms with Crippen LogP contribution in [0.4, 0.5) is 11.4 Å². The van der Waals surface area contributed by atoms with E-state index in [2.05, 4.69) is 48.6 Å². The van der Waals surface area contributed by atoms with Crippen LogP contribution < -0.4 is 5.32 Å². The van der Waals surface area contributed by atoms with Crippen LogP contribution >= 0.6 is 0 Å². The fraction of sp³-hybridized carbons (Fsp3) is 0.278. The molecule has 0 saturated carbocycles. The molecule has 12 nitrogen and oxygen atoms in total. The van der Waals surface area contributed by atoms with E-state index < -0.39 is 5.41 Å². The Bertz CT molecular complexity index is 1850. The number of nitrogens with one attached hydrogen (secondary N) is 1. The van der Waals surface area contributed by atoms with Crippen molar-refractivity contribution >= 4 is 34.5 Å². The van der Waals surface area contributed by atoms with Gasteiger partial charge in [0.25, 0.3) is 0 Å². The fourth-order valence-electron chi connectivity index (χ4n) is 6.57. The number of aromatic nitrogens is 2. The number of allylic oxidation sites excluding steroid dienone is 3. The summed E-state index contributed by atoms with van der Waals surface area (Å²) in [6.45, 7) is 2.72. The lowest BCUT2D eigenvalue weighted by molar-refractivity contribution is -0.133. The van der Waals surface area contributed by atoms with Crippen molar-refractivity contribution in [1.29, 1.82) is 0 Å². The average molecular weight is 645 g/mol. The number of carbonyl (C=O) groups is 2. The molecule has 1 atom stereocenters. The summed E-state index contributed by atoms with van der Waals surface area (Å²) in [7, 11) is 1.60. The van der Waals surface area contributed by atoms with Gasteiger partial charge in [0.05, 0.1) is 24.3 Å². The van der Waals surface area contributed by atoms with Crippen LogP contribution in [0.5, 0.6) is 0 Å². The normalized spacial score (nSPS) is 20.3. The molecule has 0 radical (unpaired) electrons. The molecule has 4 aliphatic rings. The summed E-state index contributed by atoms with van der Waals surface area (Å²) in [5.41, 5.74) is 6.11. The van der Waals surface area contributed by atoms with Crippen LogP contribution in [-0.2, 0) is 14.3 Å². The van der Waals surface area contributed by atoms with Gasteiger partial charge in [-0.25, -0.2) is 15.0 Å². The van der Waals surface area contributed by atoms with E-state index in [0.29, 0.717) is 55.5 Å². The van der Waals surface area contributed by atoms with Crippen LogP contribution in [0.15, 0.2) is 107 Å². The number of fused-ring (bicyclic) bond motifs is 1. The largest absolute Gasteiger partial charge is 0.384 e. The summed E-state index contributed by atoms with van der Waals surface area (Å²) in [4.78, 5) is 39.8. The molecule has 1 saturated heterocycles. The molecule has 0 aliphatic carbocycles. The lowest BCUT2D eigenvalue weighted by Gasteiger charge is -2.30. The standard InChI is InChI=1S/C36H36N8O4/c1-48-24-36(35(46)39-29-7-8-31-30(21-29)33(41-40-31)27-11-18-44(47)19-12-27)13-20-42(23-36)22-32(45)43-16-9-26(10-17-43)25-3-5-28(6-4-25)34-37-14-2-15-38-34/h2-9,11-12,14-15,18-19,21,47H,10,13,16-17,20,22-24H2,1H3,(H,39,46)/t36-/m1/s1. The third-order valence-electron chi connectivity index (χ3n) is 9.19. The van der Waals surface area contributed by atoms with Gasteiger partial charge in [-0.3, -0.25) is 19.7 Å². The van der Waals surface area contributed by atoms with Crippen LogP contribution in [0.25, 0.3) is 22.7 Å². The van der Waals surface area contributed by atoms with Crippen LogP contribution in [0, 0.1) is 5.41 Å². The Morgan fingerprint density at radius 1 is 1.00 bits per heavy atom. The number of likely N-dealkylation sites (tertiary alicyclic amines) is 1. The highest BCUT2D eigenvalue weighted by atomic mass is 16.5. The van der Waals surface area contributed by atoms with Gasteiger partial charge in [-0.2, -0.15) is 0 Å². The molecule has 1 fully saturated rings. The third-order valence-corrected chi connectivity index (χ3v) is 9.19. The number of benzene rings is 2. The molecule has 48 heavy (non-hydrogen) atoms. The van der Waals surface area contributed by atoms with Crippen LogP contribution in [0.1, 0.15) is 24.0 Å². The molecule has 0 spiro atoms. The maximum atomic E-state index is 13.8. The van der Waals surface area contributed by atoms with E-state index in [1.54, 1.807) is 37.7 Å².